The molecule has 6 heterocycles. The van der Waals surface area contributed by atoms with E-state index in [9.17, 15) is 0 Å². The summed E-state index contributed by atoms with van der Waals surface area (Å²) in [6.07, 6.45) is 34.0. The van der Waals surface area contributed by atoms with Gasteiger partial charge in [0.1, 0.15) is 8.07 Å². The number of hydrogen-bond donors (Lipinski definition) is 0. The molecule has 0 aromatic carbocycles. The van der Waals surface area contributed by atoms with E-state index in [4.69, 9.17) is 0 Å². The smallest absolute Gasteiger partial charge is 0.133 e. The third-order valence-corrected chi connectivity index (χ3v) is 41.7. The van der Waals surface area contributed by atoms with Crippen LogP contribution in [0.25, 0.3) is 48.8 Å². The van der Waals surface area contributed by atoms with Crippen LogP contribution in [0, 0.1) is 11.5 Å². The summed E-state index contributed by atoms with van der Waals surface area (Å²) in [5.74, 6) is 3.66. The first-order chi connectivity index (χ1) is 35.5. The molecule has 0 fully saturated rings. The van der Waals surface area contributed by atoms with Gasteiger partial charge in [-0.15, -0.1) is 28.2 Å². The third-order valence-electron chi connectivity index (χ3n) is 14.9. The maximum absolute atomic E-state index is 3.69. The molecule has 0 saturated carbocycles. The van der Waals surface area contributed by atoms with E-state index in [2.05, 4.69) is 173 Å². The molecule has 0 unspecified atom stereocenters. The SMILES string of the molecule is CCCCCCc1cc(C#C[Si](C)(C)C)sc1-c1cc(CCCCCC)c(-c2ccc(-c3ccc(-c4sc(-c5s[c]([Sn]([CH2]CCC)([CH2]CCC)[CH2]CCC)cc5CCCCCC)cc4CCCCCC)s3)s2)s1. The average molecular weight is 1220 g/mol. The van der Waals surface area contributed by atoms with Crippen molar-refractivity contribution in [2.75, 3.05) is 0 Å². The van der Waals surface area contributed by atoms with E-state index >= 15 is 0 Å². The van der Waals surface area contributed by atoms with Gasteiger partial charge in [-0.2, -0.15) is 0 Å². The zero-order valence-electron chi connectivity index (χ0n) is 47.6. The molecule has 0 aliphatic carbocycles. The molecule has 0 nitrogen and oxygen atoms in total. The van der Waals surface area contributed by atoms with Crippen LogP contribution < -0.4 is 2.89 Å². The van der Waals surface area contributed by atoms with Crippen LogP contribution in [0.15, 0.2) is 48.5 Å². The fourth-order valence-electron chi connectivity index (χ4n) is 10.5. The second-order valence-corrected chi connectivity index (χ2v) is 47.8. The number of thiophene rings is 6. The summed E-state index contributed by atoms with van der Waals surface area (Å²) in [6, 6.07) is 20.5. The first-order valence-electron chi connectivity index (χ1n) is 29.8. The van der Waals surface area contributed by atoms with Gasteiger partial charge in [0.15, 0.2) is 0 Å². The van der Waals surface area contributed by atoms with Gasteiger partial charge in [0.25, 0.3) is 0 Å². The Bertz CT molecular complexity index is 2550. The van der Waals surface area contributed by atoms with Crippen molar-refractivity contribution in [3.8, 4) is 60.2 Å². The van der Waals surface area contributed by atoms with Crippen LogP contribution in [0.2, 0.25) is 33.0 Å². The average Bonchev–Trinajstić information content (AvgIpc) is 4.25. The third kappa shape index (κ3) is 18.2. The summed E-state index contributed by atoms with van der Waals surface area (Å²) in [4.78, 5) is 16.3. The Morgan fingerprint density at radius 2 is 0.712 bits per heavy atom. The molecule has 0 radical (unpaired) electrons. The number of aryl methyl sites for hydroxylation is 4. The zero-order valence-corrected chi connectivity index (χ0v) is 56.3. The Hall–Kier alpha value is -1.22. The first-order valence-corrected chi connectivity index (χ1v) is 45.6. The van der Waals surface area contributed by atoms with E-state index < -0.39 is 26.5 Å². The van der Waals surface area contributed by atoms with Crippen LogP contribution in [0.4, 0.5) is 0 Å². The molecule has 0 spiro atoms. The zero-order chi connectivity index (χ0) is 52.1. The minimum absolute atomic E-state index is 1.16. The van der Waals surface area contributed by atoms with Crippen molar-refractivity contribution < 1.29 is 0 Å². The quantitative estimate of drug-likeness (QED) is 0.0211. The standard InChI is InChI=1S/C53H69S6Si.3C4H9.Sn/c1-8-12-16-20-24-39-32-34-54-50(39)48-37-41(26-22-18-14-10-3)51(58-48)46-30-28-44(56-46)45-29-31-47(57-45)52-42(27-23-19-15-11-4)38-49(59-52)53-40(25-21-17-13-9-2)36-43(55-53)33-35-60(5,6)7;3*1-3-4-2;/h28-32,36-38H,8-27H2,1-7H3;3*1,3-4H2,2H3;. The maximum atomic E-state index is 3.69. The second kappa shape index (κ2) is 32.0. The van der Waals surface area contributed by atoms with Crippen LogP contribution in [0.5, 0.6) is 0 Å². The maximum Gasteiger partial charge on any atom is -0.133 e. The van der Waals surface area contributed by atoms with Crippen LogP contribution in [-0.4, -0.2) is 26.5 Å². The normalized spacial score (nSPS) is 12.1. The van der Waals surface area contributed by atoms with Gasteiger partial charge in [0.2, 0.25) is 0 Å². The van der Waals surface area contributed by atoms with Gasteiger partial charge in [-0.1, -0.05) is 77.9 Å². The molecule has 0 atom stereocenters. The Morgan fingerprint density at radius 3 is 1.11 bits per heavy atom. The van der Waals surface area contributed by atoms with E-state index in [-0.39, 0.29) is 0 Å². The summed E-state index contributed by atoms with van der Waals surface area (Å²) in [6.45, 7) is 23.7. The Balaban J connectivity index is 1.37. The first kappa shape index (κ1) is 61.0. The van der Waals surface area contributed by atoms with Crippen molar-refractivity contribution in [2.45, 2.75) is 248 Å². The molecule has 0 N–H and O–H groups in total. The van der Waals surface area contributed by atoms with Gasteiger partial charge in [-0.05, 0) is 48.9 Å². The molecule has 0 bridgehead atoms. The van der Waals surface area contributed by atoms with E-state index in [1.807, 2.05) is 25.6 Å². The van der Waals surface area contributed by atoms with Crippen LogP contribution >= 0.6 is 68.0 Å². The molecule has 8 heteroatoms. The summed E-state index contributed by atoms with van der Waals surface area (Å²) in [5, 5.41) is 0. The predicted octanol–water partition coefficient (Wildman–Crippen LogP) is 24.2. The topological polar surface area (TPSA) is 0 Å². The Morgan fingerprint density at radius 1 is 0.356 bits per heavy atom. The molecule has 6 rings (SSSR count). The molecular weight excluding hydrogens is 1120 g/mol. The van der Waals surface area contributed by atoms with Gasteiger partial charge in [0.05, 0.1) is 4.88 Å². The van der Waals surface area contributed by atoms with Crippen LogP contribution in [-0.2, 0) is 25.7 Å². The predicted molar refractivity (Wildman–Crippen MR) is 347 cm³/mol. The van der Waals surface area contributed by atoms with E-state index in [0.29, 0.717) is 0 Å². The van der Waals surface area contributed by atoms with Crippen molar-refractivity contribution >= 4 is 97.4 Å². The van der Waals surface area contributed by atoms with Gasteiger partial charge in [0, 0.05) is 14.6 Å². The van der Waals surface area contributed by atoms with E-state index in [1.165, 1.54) is 199 Å². The van der Waals surface area contributed by atoms with Crippen molar-refractivity contribution in [1.82, 2.24) is 0 Å². The Labute approximate surface area is 477 Å². The molecule has 0 amide bonds. The molecule has 400 valence electrons. The molecular formula is C65H96S6SiSn. The van der Waals surface area contributed by atoms with Gasteiger partial charge in [-0.3, -0.25) is 0 Å². The van der Waals surface area contributed by atoms with E-state index in [1.54, 1.807) is 44.6 Å². The number of unbranched alkanes of at least 4 members (excludes halogenated alkanes) is 15. The minimum Gasteiger partial charge on any atom is -0.133 e. The molecule has 6 aromatic rings. The van der Waals surface area contributed by atoms with Gasteiger partial charge < -0.3 is 0 Å². The summed E-state index contributed by atoms with van der Waals surface area (Å²) in [5.41, 5.74) is 10.1. The number of hydrogen-bond acceptors (Lipinski definition) is 6. The molecule has 6 aromatic heterocycles. The molecule has 0 aliphatic rings. The van der Waals surface area contributed by atoms with Crippen molar-refractivity contribution in [3.05, 3.63) is 75.7 Å². The van der Waals surface area contributed by atoms with Crippen LogP contribution in [0.3, 0.4) is 0 Å². The summed E-state index contributed by atoms with van der Waals surface area (Å²) in [7, 11) is -1.47. The number of rotatable bonds is 35. The molecule has 73 heavy (non-hydrogen) atoms. The van der Waals surface area contributed by atoms with Gasteiger partial charge >= 0.3 is 299 Å². The molecule has 0 aliphatic heterocycles. The van der Waals surface area contributed by atoms with Gasteiger partial charge in [-0.25, -0.2) is 0 Å². The molecule has 0 saturated heterocycles. The fourth-order valence-corrected chi connectivity index (χ4v) is 37.7. The second-order valence-electron chi connectivity index (χ2n) is 22.5. The monoisotopic (exact) mass is 1220 g/mol. The summed E-state index contributed by atoms with van der Waals surface area (Å²) < 4.78 is 6.59. The van der Waals surface area contributed by atoms with Crippen molar-refractivity contribution in [2.24, 2.45) is 0 Å². The summed E-state index contributed by atoms with van der Waals surface area (Å²) >= 11 is 9.96. The Kier molecular flexibility index (Phi) is 26.7. The van der Waals surface area contributed by atoms with Crippen LogP contribution in [0.1, 0.15) is 217 Å². The fraction of sp³-hybridized carbons (Fsp3) is 0.600. The minimum atomic E-state index is -2.61. The van der Waals surface area contributed by atoms with Crippen molar-refractivity contribution in [1.29, 1.82) is 0 Å². The largest absolute Gasteiger partial charge is 0.133 e. The van der Waals surface area contributed by atoms with E-state index in [0.717, 1.165) is 12.8 Å². The van der Waals surface area contributed by atoms with Crippen molar-refractivity contribution in [3.63, 3.8) is 0 Å².